The summed E-state index contributed by atoms with van der Waals surface area (Å²) in [5.74, 6) is -0.274. The summed E-state index contributed by atoms with van der Waals surface area (Å²) in [7, 11) is 0. The van der Waals surface area contributed by atoms with E-state index in [9.17, 15) is 4.39 Å². The Kier molecular flexibility index (Phi) is 4.56. The van der Waals surface area contributed by atoms with E-state index in [0.29, 0.717) is 11.1 Å². The van der Waals surface area contributed by atoms with E-state index in [-0.39, 0.29) is 5.82 Å². The second-order valence-electron chi connectivity index (χ2n) is 4.53. The molecule has 0 fully saturated rings. The van der Waals surface area contributed by atoms with Gasteiger partial charge in [0.15, 0.2) is 0 Å². The van der Waals surface area contributed by atoms with Crippen LogP contribution in [0.15, 0.2) is 42.5 Å². The van der Waals surface area contributed by atoms with Crippen LogP contribution in [0.5, 0.6) is 0 Å². The number of hydrogen-bond acceptors (Lipinski definition) is 1. The Morgan fingerprint density at radius 1 is 1.16 bits per heavy atom. The van der Waals surface area contributed by atoms with Crippen LogP contribution in [0.4, 0.5) is 4.39 Å². The smallest absolute Gasteiger partial charge is 0.123 e. The first-order valence-corrected chi connectivity index (χ1v) is 6.78. The zero-order valence-corrected chi connectivity index (χ0v) is 11.8. The maximum Gasteiger partial charge on any atom is 0.123 e. The maximum atomic E-state index is 13.3. The van der Waals surface area contributed by atoms with Gasteiger partial charge in [0, 0.05) is 16.6 Å². The van der Waals surface area contributed by atoms with Gasteiger partial charge in [0.2, 0.25) is 0 Å². The first-order valence-electron chi connectivity index (χ1n) is 6.40. The molecule has 0 saturated heterocycles. The van der Waals surface area contributed by atoms with Crippen molar-refractivity contribution in [1.29, 1.82) is 0 Å². The van der Waals surface area contributed by atoms with Gasteiger partial charge in [-0.2, -0.15) is 0 Å². The molecule has 3 heteroatoms. The molecule has 1 atom stereocenters. The second-order valence-corrected chi connectivity index (χ2v) is 4.93. The van der Waals surface area contributed by atoms with Gasteiger partial charge in [0.1, 0.15) is 5.82 Å². The number of rotatable bonds is 4. The van der Waals surface area contributed by atoms with Crippen molar-refractivity contribution in [2.45, 2.75) is 19.9 Å². The summed E-state index contributed by atoms with van der Waals surface area (Å²) in [4.78, 5) is 0. The summed E-state index contributed by atoms with van der Waals surface area (Å²) < 4.78 is 13.3. The molecule has 0 heterocycles. The lowest BCUT2D eigenvalue weighted by molar-refractivity contribution is 0.598. The first kappa shape index (κ1) is 14.0. The third kappa shape index (κ3) is 3.34. The molecule has 1 nitrogen and oxygen atoms in total. The Bertz CT molecular complexity index is 551. The predicted molar refractivity (Wildman–Crippen MR) is 78.9 cm³/mol. The molecular formula is C16H17ClFN. The summed E-state index contributed by atoms with van der Waals surface area (Å²) in [5.41, 5.74) is 2.86. The fourth-order valence-electron chi connectivity index (χ4n) is 2.09. The third-order valence-corrected chi connectivity index (χ3v) is 3.49. The van der Waals surface area contributed by atoms with E-state index in [1.54, 1.807) is 6.07 Å². The van der Waals surface area contributed by atoms with Crippen molar-refractivity contribution in [3.63, 3.8) is 0 Å². The quantitative estimate of drug-likeness (QED) is 0.845. The lowest BCUT2D eigenvalue weighted by Gasteiger charge is -2.13. The zero-order valence-electron chi connectivity index (χ0n) is 11.1. The second kappa shape index (κ2) is 6.18. The fourth-order valence-corrected chi connectivity index (χ4v) is 2.32. The number of nitrogens with one attached hydrogen (secondary N) is 1. The van der Waals surface area contributed by atoms with Crippen molar-refractivity contribution in [1.82, 2.24) is 5.32 Å². The lowest BCUT2D eigenvalue weighted by Crippen LogP contribution is -2.17. The molecule has 0 amide bonds. The van der Waals surface area contributed by atoms with E-state index < -0.39 is 0 Å². The van der Waals surface area contributed by atoms with Crippen LogP contribution in [-0.2, 0) is 0 Å². The van der Waals surface area contributed by atoms with Gasteiger partial charge in [0.05, 0.1) is 0 Å². The number of hydrogen-bond donors (Lipinski definition) is 1. The molecule has 0 aliphatic rings. The molecule has 19 heavy (non-hydrogen) atoms. The van der Waals surface area contributed by atoms with Gasteiger partial charge in [-0.3, -0.25) is 0 Å². The standard InChI is InChI=1S/C16H17ClFN/c1-3-19-11(2)12-4-6-13(7-5-12)15-10-14(18)8-9-16(15)17/h4-11,19H,3H2,1-2H3. The van der Waals surface area contributed by atoms with Crippen molar-refractivity contribution < 1.29 is 4.39 Å². The summed E-state index contributed by atoms with van der Waals surface area (Å²) in [5, 5.41) is 3.92. The van der Waals surface area contributed by atoms with E-state index in [1.807, 2.05) is 24.3 Å². The van der Waals surface area contributed by atoms with Crippen LogP contribution in [0.1, 0.15) is 25.5 Å². The van der Waals surface area contributed by atoms with Crippen molar-refractivity contribution in [3.8, 4) is 11.1 Å². The van der Waals surface area contributed by atoms with Gasteiger partial charge >= 0.3 is 0 Å². The minimum Gasteiger partial charge on any atom is -0.310 e. The van der Waals surface area contributed by atoms with Gasteiger partial charge < -0.3 is 5.32 Å². The average molecular weight is 278 g/mol. The molecule has 2 rings (SSSR count). The highest BCUT2D eigenvalue weighted by molar-refractivity contribution is 6.33. The molecule has 2 aromatic carbocycles. The van der Waals surface area contributed by atoms with Crippen LogP contribution >= 0.6 is 11.6 Å². The fraction of sp³-hybridized carbons (Fsp3) is 0.250. The first-order chi connectivity index (χ1) is 9.11. The van der Waals surface area contributed by atoms with Crippen LogP contribution in [0.3, 0.4) is 0 Å². The molecule has 1 N–H and O–H groups in total. The Balaban J connectivity index is 2.29. The van der Waals surface area contributed by atoms with Crippen molar-refractivity contribution in [3.05, 3.63) is 58.9 Å². The highest BCUT2D eigenvalue weighted by Gasteiger charge is 2.07. The Labute approximate surface area is 118 Å². The molecule has 0 aliphatic carbocycles. The molecule has 0 spiro atoms. The Hall–Kier alpha value is -1.38. The molecule has 2 aromatic rings. The molecule has 0 saturated carbocycles. The van der Waals surface area contributed by atoms with Gasteiger partial charge in [-0.25, -0.2) is 4.39 Å². The molecule has 0 aliphatic heterocycles. The summed E-state index contributed by atoms with van der Waals surface area (Å²) >= 11 is 6.10. The predicted octanol–water partition coefficient (Wildman–Crippen LogP) is 4.82. The highest BCUT2D eigenvalue weighted by atomic mass is 35.5. The van der Waals surface area contributed by atoms with Crippen molar-refractivity contribution in [2.24, 2.45) is 0 Å². The minimum atomic E-state index is -0.274. The summed E-state index contributed by atoms with van der Waals surface area (Å²) in [6, 6.07) is 12.8. The van der Waals surface area contributed by atoms with Crippen LogP contribution in [-0.4, -0.2) is 6.54 Å². The molecule has 0 aromatic heterocycles. The normalized spacial score (nSPS) is 12.4. The SMILES string of the molecule is CCNC(C)c1ccc(-c2cc(F)ccc2Cl)cc1. The summed E-state index contributed by atoms with van der Waals surface area (Å²) in [6.07, 6.45) is 0. The molecule has 100 valence electrons. The molecule has 1 unspecified atom stereocenters. The Morgan fingerprint density at radius 3 is 2.47 bits per heavy atom. The molecular weight excluding hydrogens is 261 g/mol. The molecule has 0 bridgehead atoms. The van der Waals surface area contributed by atoms with Crippen LogP contribution in [0.2, 0.25) is 5.02 Å². The lowest BCUT2D eigenvalue weighted by atomic mass is 10.0. The van der Waals surface area contributed by atoms with E-state index in [2.05, 4.69) is 19.2 Å². The highest BCUT2D eigenvalue weighted by Crippen LogP contribution is 2.29. The van der Waals surface area contributed by atoms with Gasteiger partial charge in [0.25, 0.3) is 0 Å². The van der Waals surface area contributed by atoms with E-state index >= 15 is 0 Å². The van der Waals surface area contributed by atoms with Crippen LogP contribution in [0, 0.1) is 5.82 Å². The zero-order chi connectivity index (χ0) is 13.8. The van der Waals surface area contributed by atoms with E-state index in [4.69, 9.17) is 11.6 Å². The van der Waals surface area contributed by atoms with Gasteiger partial charge in [-0.15, -0.1) is 0 Å². The Morgan fingerprint density at radius 2 is 1.84 bits per heavy atom. The third-order valence-electron chi connectivity index (χ3n) is 3.16. The topological polar surface area (TPSA) is 12.0 Å². The average Bonchev–Trinajstić information content (AvgIpc) is 2.42. The number of benzene rings is 2. The van der Waals surface area contributed by atoms with Crippen LogP contribution < -0.4 is 5.32 Å². The molecule has 0 radical (unpaired) electrons. The van der Waals surface area contributed by atoms with E-state index in [1.165, 1.54) is 17.7 Å². The van der Waals surface area contributed by atoms with Gasteiger partial charge in [-0.05, 0) is 42.8 Å². The van der Waals surface area contributed by atoms with Gasteiger partial charge in [-0.1, -0.05) is 42.8 Å². The monoisotopic (exact) mass is 277 g/mol. The largest absolute Gasteiger partial charge is 0.310 e. The maximum absolute atomic E-state index is 13.3. The summed E-state index contributed by atoms with van der Waals surface area (Å²) in [6.45, 7) is 5.13. The van der Waals surface area contributed by atoms with Crippen molar-refractivity contribution >= 4 is 11.6 Å². The minimum absolute atomic E-state index is 0.274. The number of halogens is 2. The van der Waals surface area contributed by atoms with Crippen molar-refractivity contribution in [2.75, 3.05) is 6.54 Å². The van der Waals surface area contributed by atoms with E-state index in [0.717, 1.165) is 17.7 Å². The van der Waals surface area contributed by atoms with Crippen LogP contribution in [0.25, 0.3) is 11.1 Å².